The zero-order chi connectivity index (χ0) is 17.4. The van der Waals surface area contributed by atoms with Crippen LogP contribution in [0.5, 0.6) is 0 Å². The standard InChI is InChI=1S/C16H20N6O3/c23-14-6-19-16(25)22(14)10-15(24)21-8-11-1-2-12(21)9-20(7-11)13-5-17-3-4-18-13/h3-5,11-12H,1-2,6-10H2,(H,19,25)/t11-,12+/m0/s1. The SMILES string of the molecule is O=C1CNC(=O)N1CC(=O)N1C[C@H]2CC[C@@H]1CN(c1cnccn1)C2. The van der Waals surface area contributed by atoms with Gasteiger partial charge in [0.05, 0.1) is 12.7 Å². The molecule has 0 saturated carbocycles. The Balaban J connectivity index is 1.48. The first-order valence-corrected chi connectivity index (χ1v) is 8.50. The van der Waals surface area contributed by atoms with E-state index in [4.69, 9.17) is 0 Å². The van der Waals surface area contributed by atoms with Gasteiger partial charge in [0.1, 0.15) is 12.4 Å². The van der Waals surface area contributed by atoms with Crippen LogP contribution in [0.15, 0.2) is 18.6 Å². The molecular formula is C16H20N6O3. The van der Waals surface area contributed by atoms with Crippen molar-refractivity contribution in [3.05, 3.63) is 18.6 Å². The van der Waals surface area contributed by atoms with Crippen LogP contribution in [0.1, 0.15) is 12.8 Å². The second kappa shape index (κ2) is 6.30. The molecule has 132 valence electrons. The van der Waals surface area contributed by atoms with Gasteiger partial charge in [0, 0.05) is 38.1 Å². The normalized spacial score (nSPS) is 26.0. The predicted molar refractivity (Wildman–Crippen MR) is 87.6 cm³/mol. The van der Waals surface area contributed by atoms with Crippen LogP contribution in [-0.2, 0) is 9.59 Å². The van der Waals surface area contributed by atoms with Gasteiger partial charge in [-0.2, -0.15) is 0 Å². The summed E-state index contributed by atoms with van der Waals surface area (Å²) in [4.78, 5) is 49.6. The Bertz CT molecular complexity index is 680. The quantitative estimate of drug-likeness (QED) is 0.739. The van der Waals surface area contributed by atoms with Gasteiger partial charge in [0.2, 0.25) is 5.91 Å². The van der Waals surface area contributed by atoms with Crippen molar-refractivity contribution in [1.29, 1.82) is 0 Å². The first kappa shape index (κ1) is 15.8. The zero-order valence-corrected chi connectivity index (χ0v) is 13.8. The van der Waals surface area contributed by atoms with Crippen LogP contribution in [0.3, 0.4) is 0 Å². The number of nitrogens with one attached hydrogen (secondary N) is 1. The van der Waals surface area contributed by atoms with E-state index in [1.54, 1.807) is 18.6 Å². The molecule has 0 aliphatic carbocycles. The van der Waals surface area contributed by atoms with Crippen molar-refractivity contribution >= 4 is 23.7 Å². The molecule has 1 aromatic heterocycles. The smallest absolute Gasteiger partial charge is 0.325 e. The van der Waals surface area contributed by atoms with E-state index in [1.165, 1.54) is 0 Å². The maximum absolute atomic E-state index is 12.7. The Kier molecular flexibility index (Phi) is 3.98. The van der Waals surface area contributed by atoms with E-state index in [9.17, 15) is 14.4 Å². The van der Waals surface area contributed by atoms with Crippen molar-refractivity contribution in [1.82, 2.24) is 25.1 Å². The van der Waals surface area contributed by atoms with Gasteiger partial charge < -0.3 is 15.1 Å². The van der Waals surface area contributed by atoms with Gasteiger partial charge in [0.25, 0.3) is 5.91 Å². The van der Waals surface area contributed by atoms with Crippen molar-refractivity contribution in [2.45, 2.75) is 18.9 Å². The minimum absolute atomic E-state index is 0.0291. The second-order valence-corrected chi connectivity index (χ2v) is 6.75. The van der Waals surface area contributed by atoms with Crippen LogP contribution in [0.4, 0.5) is 10.6 Å². The monoisotopic (exact) mass is 344 g/mol. The molecule has 4 fully saturated rings. The molecule has 9 nitrogen and oxygen atoms in total. The molecule has 4 aliphatic rings. The van der Waals surface area contributed by atoms with Crippen LogP contribution >= 0.6 is 0 Å². The molecule has 9 heteroatoms. The molecule has 0 spiro atoms. The lowest BCUT2D eigenvalue weighted by molar-refractivity contribution is -0.139. The molecule has 4 aliphatic heterocycles. The molecule has 1 aromatic rings. The summed E-state index contributed by atoms with van der Waals surface area (Å²) in [5, 5.41) is 2.45. The minimum atomic E-state index is -0.487. The molecule has 1 N–H and O–H groups in total. The third kappa shape index (κ3) is 3.01. The van der Waals surface area contributed by atoms with Gasteiger partial charge in [-0.05, 0) is 18.8 Å². The predicted octanol–water partition coefficient (Wildman–Crippen LogP) is -0.544. The highest BCUT2D eigenvalue weighted by Gasteiger charge is 2.39. The van der Waals surface area contributed by atoms with Crippen molar-refractivity contribution < 1.29 is 14.4 Å². The summed E-state index contributed by atoms with van der Waals surface area (Å²) in [6.07, 6.45) is 7.04. The Morgan fingerprint density at radius 1 is 1.20 bits per heavy atom. The lowest BCUT2D eigenvalue weighted by atomic mass is 9.95. The Morgan fingerprint density at radius 2 is 2.08 bits per heavy atom. The van der Waals surface area contributed by atoms with E-state index in [2.05, 4.69) is 20.2 Å². The van der Waals surface area contributed by atoms with E-state index >= 15 is 0 Å². The van der Waals surface area contributed by atoms with Crippen molar-refractivity contribution in [2.75, 3.05) is 37.6 Å². The van der Waals surface area contributed by atoms with Crippen molar-refractivity contribution in [3.63, 3.8) is 0 Å². The number of fused-ring (bicyclic) bond motifs is 4. The van der Waals surface area contributed by atoms with E-state index < -0.39 is 6.03 Å². The number of amides is 4. The third-order valence-electron chi connectivity index (χ3n) is 5.14. The molecule has 2 bridgehead atoms. The van der Waals surface area contributed by atoms with Crippen LogP contribution in [0, 0.1) is 5.92 Å². The number of urea groups is 1. The topological polar surface area (TPSA) is 98.7 Å². The van der Waals surface area contributed by atoms with E-state index in [1.807, 2.05) is 4.90 Å². The molecule has 4 saturated heterocycles. The van der Waals surface area contributed by atoms with Crippen molar-refractivity contribution in [2.24, 2.45) is 5.92 Å². The number of aromatic nitrogens is 2. The maximum Gasteiger partial charge on any atom is 0.325 e. The Labute approximate surface area is 145 Å². The van der Waals surface area contributed by atoms with Crippen LogP contribution in [-0.4, -0.2) is 76.4 Å². The molecule has 5 heterocycles. The zero-order valence-electron chi connectivity index (χ0n) is 13.8. The van der Waals surface area contributed by atoms with Crippen molar-refractivity contribution in [3.8, 4) is 0 Å². The summed E-state index contributed by atoms with van der Waals surface area (Å²) in [6.45, 7) is 1.98. The maximum atomic E-state index is 12.7. The summed E-state index contributed by atoms with van der Waals surface area (Å²) in [6, 6.07) is -0.423. The third-order valence-corrected chi connectivity index (χ3v) is 5.14. The molecule has 25 heavy (non-hydrogen) atoms. The van der Waals surface area contributed by atoms with Crippen LogP contribution in [0.2, 0.25) is 0 Å². The fourth-order valence-electron chi connectivity index (χ4n) is 3.87. The fraction of sp³-hybridized carbons (Fsp3) is 0.562. The van der Waals surface area contributed by atoms with E-state index in [-0.39, 0.29) is 30.9 Å². The lowest BCUT2D eigenvalue weighted by Crippen LogP contribution is -2.51. The highest BCUT2D eigenvalue weighted by atomic mass is 16.2. The van der Waals surface area contributed by atoms with Gasteiger partial charge in [-0.1, -0.05) is 0 Å². The molecule has 0 aromatic carbocycles. The number of rotatable bonds is 3. The highest BCUT2D eigenvalue weighted by Crippen LogP contribution is 2.30. The highest BCUT2D eigenvalue weighted by molar-refractivity contribution is 6.04. The number of carbonyl (C=O) groups excluding carboxylic acids is 3. The number of carbonyl (C=O) groups is 3. The van der Waals surface area contributed by atoms with Gasteiger partial charge in [-0.3, -0.25) is 19.5 Å². The Hall–Kier alpha value is -2.71. The summed E-state index contributed by atoms with van der Waals surface area (Å²) in [7, 11) is 0. The fourth-order valence-corrected chi connectivity index (χ4v) is 3.87. The summed E-state index contributed by atoms with van der Waals surface area (Å²) < 4.78 is 0. The first-order chi connectivity index (χ1) is 12.1. The van der Waals surface area contributed by atoms with Crippen LogP contribution < -0.4 is 10.2 Å². The minimum Gasteiger partial charge on any atom is -0.353 e. The number of imide groups is 1. The average Bonchev–Trinajstić information content (AvgIpc) is 2.84. The number of hydrogen-bond donors (Lipinski definition) is 1. The average molecular weight is 344 g/mol. The van der Waals surface area contributed by atoms with Gasteiger partial charge >= 0.3 is 6.03 Å². The van der Waals surface area contributed by atoms with Crippen LogP contribution in [0.25, 0.3) is 0 Å². The molecule has 4 amide bonds. The number of piperidine rings is 1. The molecule has 0 unspecified atom stereocenters. The van der Waals surface area contributed by atoms with Gasteiger partial charge in [-0.15, -0.1) is 0 Å². The largest absolute Gasteiger partial charge is 0.353 e. The second-order valence-electron chi connectivity index (χ2n) is 6.75. The van der Waals surface area contributed by atoms with E-state index in [0.717, 1.165) is 30.1 Å². The molecule has 2 atom stereocenters. The number of nitrogens with zero attached hydrogens (tertiary/aromatic N) is 5. The first-order valence-electron chi connectivity index (χ1n) is 8.50. The summed E-state index contributed by atoms with van der Waals surface area (Å²) in [5.41, 5.74) is 0. The molecule has 5 rings (SSSR count). The van der Waals surface area contributed by atoms with Gasteiger partial charge in [-0.25, -0.2) is 9.78 Å². The number of anilines is 1. The molecular weight excluding hydrogens is 324 g/mol. The summed E-state index contributed by atoms with van der Waals surface area (Å²) in [5.74, 6) is 0.663. The lowest BCUT2D eigenvalue weighted by Gasteiger charge is -2.36. The van der Waals surface area contributed by atoms with E-state index in [0.29, 0.717) is 19.0 Å². The number of hydrogen-bond acceptors (Lipinski definition) is 6. The summed E-state index contributed by atoms with van der Waals surface area (Å²) >= 11 is 0. The Morgan fingerprint density at radius 3 is 2.80 bits per heavy atom. The molecule has 0 radical (unpaired) electrons. The van der Waals surface area contributed by atoms with Gasteiger partial charge in [0.15, 0.2) is 0 Å².